The van der Waals surface area contributed by atoms with Crippen LogP contribution in [0.1, 0.15) is 82.3 Å². The van der Waals surface area contributed by atoms with E-state index in [0.717, 1.165) is 13.0 Å². The molecule has 0 bridgehead atoms. The molecule has 0 saturated carbocycles. The van der Waals surface area contributed by atoms with Gasteiger partial charge in [0.1, 0.15) is 26.2 Å². The van der Waals surface area contributed by atoms with Crippen molar-refractivity contribution < 1.29 is 32.2 Å². The summed E-state index contributed by atoms with van der Waals surface area (Å²) in [5.74, 6) is 0. The lowest BCUT2D eigenvalue weighted by Gasteiger charge is -2.37. The molecular formula is C25H46ClNO3. The lowest BCUT2D eigenvalue weighted by Crippen LogP contribution is -3.00. The van der Waals surface area contributed by atoms with Crippen molar-refractivity contribution in [2.24, 2.45) is 0 Å². The lowest BCUT2D eigenvalue weighted by atomic mass is 10.0. The fourth-order valence-corrected chi connectivity index (χ4v) is 4.22. The molecule has 0 amide bonds. The molecule has 3 N–H and O–H groups in total. The van der Waals surface area contributed by atoms with E-state index in [9.17, 15) is 15.3 Å². The minimum atomic E-state index is 0. The van der Waals surface area contributed by atoms with Crippen LogP contribution in [0.5, 0.6) is 0 Å². The maximum Gasteiger partial charge on any atom is 0.105 e. The van der Waals surface area contributed by atoms with E-state index in [1.807, 2.05) is 0 Å². The predicted octanol–water partition coefficient (Wildman–Crippen LogP) is 1.45. The Morgan fingerprint density at radius 3 is 1.43 bits per heavy atom. The monoisotopic (exact) mass is 443 g/mol. The highest BCUT2D eigenvalue weighted by Crippen LogP contribution is 2.17. The van der Waals surface area contributed by atoms with Gasteiger partial charge < -0.3 is 32.2 Å². The van der Waals surface area contributed by atoms with E-state index in [4.69, 9.17) is 0 Å². The first-order valence-corrected chi connectivity index (χ1v) is 11.9. The number of aryl methyl sites for hydroxylation is 1. The Labute approximate surface area is 191 Å². The molecule has 0 unspecified atom stereocenters. The summed E-state index contributed by atoms with van der Waals surface area (Å²) in [6, 6.07) is 8.78. The second-order valence-electron chi connectivity index (χ2n) is 8.59. The molecule has 30 heavy (non-hydrogen) atoms. The first-order valence-electron chi connectivity index (χ1n) is 11.9. The molecule has 176 valence electrons. The van der Waals surface area contributed by atoms with Crippen molar-refractivity contribution >= 4 is 0 Å². The van der Waals surface area contributed by atoms with E-state index in [1.165, 1.54) is 75.3 Å². The van der Waals surface area contributed by atoms with Gasteiger partial charge in [0.05, 0.1) is 19.8 Å². The topological polar surface area (TPSA) is 60.7 Å². The molecule has 0 aliphatic heterocycles. The predicted molar refractivity (Wildman–Crippen MR) is 122 cm³/mol. The molecule has 0 saturated heterocycles. The van der Waals surface area contributed by atoms with E-state index >= 15 is 0 Å². The minimum absolute atomic E-state index is 0. The molecule has 4 nitrogen and oxygen atoms in total. The molecule has 0 radical (unpaired) electrons. The zero-order chi connectivity index (χ0) is 21.2. The van der Waals surface area contributed by atoms with E-state index in [2.05, 4.69) is 31.2 Å². The van der Waals surface area contributed by atoms with Gasteiger partial charge in [0, 0.05) is 5.56 Å². The third kappa shape index (κ3) is 12.9. The van der Waals surface area contributed by atoms with Gasteiger partial charge in [0.2, 0.25) is 0 Å². The summed E-state index contributed by atoms with van der Waals surface area (Å²) in [5.41, 5.74) is 2.59. The summed E-state index contributed by atoms with van der Waals surface area (Å²) < 4.78 is 0.529. The number of hydrogen-bond donors (Lipinski definition) is 3. The van der Waals surface area contributed by atoms with Crippen molar-refractivity contribution in [1.29, 1.82) is 0 Å². The highest BCUT2D eigenvalue weighted by molar-refractivity contribution is 5.22. The van der Waals surface area contributed by atoms with E-state index in [1.54, 1.807) is 0 Å². The first-order chi connectivity index (χ1) is 14.2. The molecule has 0 heterocycles. The fourth-order valence-electron chi connectivity index (χ4n) is 4.22. The molecule has 5 heteroatoms. The van der Waals surface area contributed by atoms with Crippen molar-refractivity contribution in [2.45, 2.75) is 84.1 Å². The van der Waals surface area contributed by atoms with Crippen LogP contribution in [-0.4, -0.2) is 59.3 Å². The average molecular weight is 444 g/mol. The second-order valence-corrected chi connectivity index (χ2v) is 8.59. The number of unbranched alkanes of at least 4 members (excludes halogenated alkanes) is 9. The van der Waals surface area contributed by atoms with Gasteiger partial charge in [-0.05, 0) is 18.4 Å². The summed E-state index contributed by atoms with van der Waals surface area (Å²) in [6.45, 7) is 4.88. The Balaban J connectivity index is 0.00000841. The van der Waals surface area contributed by atoms with Crippen molar-refractivity contribution in [3.8, 4) is 0 Å². The van der Waals surface area contributed by atoms with Crippen LogP contribution in [-0.2, 0) is 13.0 Å². The summed E-state index contributed by atoms with van der Waals surface area (Å²) in [5, 5.41) is 28.3. The van der Waals surface area contributed by atoms with Crippen LogP contribution in [0.3, 0.4) is 0 Å². The van der Waals surface area contributed by atoms with Gasteiger partial charge >= 0.3 is 0 Å². The Kier molecular flexibility index (Phi) is 18.7. The highest BCUT2D eigenvalue weighted by Gasteiger charge is 2.26. The number of aliphatic hydroxyl groups is 3. The summed E-state index contributed by atoms with van der Waals surface area (Å²) in [4.78, 5) is 0. The number of aliphatic hydroxyl groups excluding tert-OH is 3. The SMILES string of the molecule is CCCCCCCCCCCCc1ccc(C[N+](CCO)(CCO)CCO)cc1.[Cl-]. The summed E-state index contributed by atoms with van der Waals surface area (Å²) in [7, 11) is 0. The largest absolute Gasteiger partial charge is 1.00 e. The van der Waals surface area contributed by atoms with Crippen molar-refractivity contribution in [3.63, 3.8) is 0 Å². The van der Waals surface area contributed by atoms with E-state index in [0.29, 0.717) is 24.1 Å². The highest BCUT2D eigenvalue weighted by atomic mass is 35.5. The molecule has 0 aliphatic rings. The van der Waals surface area contributed by atoms with Gasteiger partial charge in [-0.2, -0.15) is 0 Å². The summed E-state index contributed by atoms with van der Waals surface area (Å²) in [6.07, 6.45) is 14.8. The minimum Gasteiger partial charge on any atom is -1.00 e. The van der Waals surface area contributed by atoms with E-state index < -0.39 is 0 Å². The van der Waals surface area contributed by atoms with E-state index in [-0.39, 0.29) is 32.2 Å². The third-order valence-electron chi connectivity index (χ3n) is 6.08. The smallest absolute Gasteiger partial charge is 0.105 e. The lowest BCUT2D eigenvalue weighted by molar-refractivity contribution is -0.941. The molecule has 1 aromatic rings. The maximum absolute atomic E-state index is 9.42. The number of nitrogens with zero attached hydrogens (tertiary/aromatic N) is 1. The Morgan fingerprint density at radius 2 is 1.00 bits per heavy atom. The van der Waals surface area contributed by atoms with Crippen LogP contribution in [0, 0.1) is 0 Å². The Morgan fingerprint density at radius 1 is 0.600 bits per heavy atom. The molecule has 0 aromatic heterocycles. The second kappa shape index (κ2) is 19.1. The average Bonchev–Trinajstić information content (AvgIpc) is 2.71. The zero-order valence-corrected chi connectivity index (χ0v) is 20.0. The van der Waals surface area contributed by atoms with Crippen LogP contribution in [0.4, 0.5) is 0 Å². The first kappa shape index (κ1) is 29.4. The summed E-state index contributed by atoms with van der Waals surface area (Å²) >= 11 is 0. The van der Waals surface area contributed by atoms with Crippen molar-refractivity contribution in [3.05, 3.63) is 35.4 Å². The normalized spacial score (nSPS) is 11.5. The van der Waals surface area contributed by atoms with Crippen molar-refractivity contribution in [1.82, 2.24) is 0 Å². The number of rotatable bonds is 19. The van der Waals surface area contributed by atoms with Gasteiger partial charge in [0.15, 0.2) is 0 Å². The number of quaternary nitrogens is 1. The molecule has 0 atom stereocenters. The quantitative estimate of drug-likeness (QED) is 0.224. The van der Waals surface area contributed by atoms with Crippen LogP contribution in [0.2, 0.25) is 0 Å². The number of hydrogen-bond acceptors (Lipinski definition) is 3. The molecular weight excluding hydrogens is 398 g/mol. The standard InChI is InChI=1S/C25H46NO3.ClH/c1-2-3-4-5-6-7-8-9-10-11-12-24-13-15-25(16-14-24)23-26(17-20-27,18-21-28)19-22-29;/h13-16,27-29H,2-12,17-23H2,1H3;1H/q+1;/p-1. The van der Waals surface area contributed by atoms with Gasteiger partial charge in [-0.15, -0.1) is 0 Å². The Bertz CT molecular complexity index is 479. The molecule has 0 spiro atoms. The molecule has 1 aromatic carbocycles. The fraction of sp³-hybridized carbons (Fsp3) is 0.760. The van der Waals surface area contributed by atoms with Crippen LogP contribution < -0.4 is 12.4 Å². The van der Waals surface area contributed by atoms with Crippen LogP contribution in [0.15, 0.2) is 24.3 Å². The molecule has 0 fully saturated rings. The van der Waals surface area contributed by atoms with Gasteiger partial charge in [-0.25, -0.2) is 0 Å². The third-order valence-corrected chi connectivity index (χ3v) is 6.08. The molecule has 0 aliphatic carbocycles. The Hall–Kier alpha value is -0.650. The van der Waals surface area contributed by atoms with Gasteiger partial charge in [-0.1, -0.05) is 89.0 Å². The van der Waals surface area contributed by atoms with Crippen molar-refractivity contribution in [2.75, 3.05) is 39.5 Å². The van der Waals surface area contributed by atoms with Gasteiger partial charge in [-0.3, -0.25) is 0 Å². The zero-order valence-electron chi connectivity index (χ0n) is 19.2. The molecule has 1 rings (SSSR count). The van der Waals surface area contributed by atoms with Crippen LogP contribution in [0.25, 0.3) is 0 Å². The van der Waals surface area contributed by atoms with Crippen LogP contribution >= 0.6 is 0 Å². The maximum atomic E-state index is 9.42. The number of halogens is 1. The number of benzene rings is 1. The van der Waals surface area contributed by atoms with Gasteiger partial charge in [0.25, 0.3) is 0 Å².